The maximum Gasteiger partial charge on any atom is 0.504 e. The van der Waals surface area contributed by atoms with Crippen LogP contribution >= 0.6 is 0 Å². The lowest BCUT2D eigenvalue weighted by Crippen LogP contribution is -2.43. The van der Waals surface area contributed by atoms with Crippen LogP contribution in [0.2, 0.25) is 0 Å². The lowest BCUT2D eigenvalue weighted by atomic mass is 9.96. The number of rotatable bonds is 5. The van der Waals surface area contributed by atoms with Crippen LogP contribution in [0.1, 0.15) is 37.3 Å². The minimum Gasteiger partial charge on any atom is -0.419 e. The summed E-state index contributed by atoms with van der Waals surface area (Å²) in [5.74, 6) is -6.18. The largest absolute Gasteiger partial charge is 0.504 e. The molecule has 5 rings (SSSR count). The second-order valence-corrected chi connectivity index (χ2v) is 10.3. The van der Waals surface area contributed by atoms with Crippen LogP contribution in [0.15, 0.2) is 53.2 Å². The van der Waals surface area contributed by atoms with E-state index in [1.54, 1.807) is 0 Å². The molecule has 2 aromatic heterocycles. The highest BCUT2D eigenvalue weighted by molar-refractivity contribution is 5.99. The first-order chi connectivity index (χ1) is 19.6. The van der Waals surface area contributed by atoms with Crippen molar-refractivity contribution in [1.29, 1.82) is 5.26 Å². The van der Waals surface area contributed by atoms with Crippen LogP contribution in [0.5, 0.6) is 0 Å². The number of anilines is 1. The van der Waals surface area contributed by atoms with Crippen molar-refractivity contribution in [1.82, 2.24) is 20.0 Å². The van der Waals surface area contributed by atoms with Gasteiger partial charge in [0.15, 0.2) is 0 Å². The van der Waals surface area contributed by atoms with E-state index in [9.17, 15) is 23.2 Å². The fourth-order valence-electron chi connectivity index (χ4n) is 4.43. The monoisotopic (exact) mass is 589 g/mol. The number of hydrogen-bond donors (Lipinski definition) is 1. The predicted molar refractivity (Wildman–Crippen MR) is 135 cm³/mol. The molecule has 0 saturated heterocycles. The molecule has 0 spiro atoms. The number of benzene rings is 2. The molecule has 9 nitrogen and oxygen atoms in total. The first-order valence-electron chi connectivity index (χ1n) is 12.4. The van der Waals surface area contributed by atoms with Gasteiger partial charge in [0.1, 0.15) is 11.2 Å². The topological polar surface area (TPSA) is 127 Å². The summed E-state index contributed by atoms with van der Waals surface area (Å²) < 4.78 is 89.7. The Morgan fingerprint density at radius 1 is 1.14 bits per heavy atom. The van der Waals surface area contributed by atoms with Crippen molar-refractivity contribution >= 4 is 11.6 Å². The van der Waals surface area contributed by atoms with Gasteiger partial charge in [-0.1, -0.05) is 24.3 Å². The molecule has 0 saturated carbocycles. The number of nitriles is 1. The Morgan fingerprint density at radius 3 is 2.45 bits per heavy atom. The number of halogens is 6. The molecule has 0 aliphatic carbocycles. The molecule has 0 unspecified atom stereocenters. The van der Waals surface area contributed by atoms with Gasteiger partial charge in [-0.05, 0) is 37.1 Å². The van der Waals surface area contributed by atoms with E-state index in [0.717, 1.165) is 23.4 Å². The highest BCUT2D eigenvalue weighted by atomic mass is 19.4. The summed E-state index contributed by atoms with van der Waals surface area (Å²) in [5, 5.41) is 20.2. The zero-order chi connectivity index (χ0) is 30.6. The number of hydrogen-bond acceptors (Lipinski definition) is 7. The van der Waals surface area contributed by atoms with Crippen molar-refractivity contribution in [3.8, 4) is 28.7 Å². The Hall–Kier alpha value is -4.71. The third-order valence-corrected chi connectivity index (χ3v) is 6.77. The molecule has 2 aromatic carbocycles. The van der Waals surface area contributed by atoms with Crippen molar-refractivity contribution < 1.29 is 35.6 Å². The van der Waals surface area contributed by atoms with Crippen molar-refractivity contribution in [3.63, 3.8) is 0 Å². The van der Waals surface area contributed by atoms with E-state index in [0.29, 0.717) is 17.2 Å². The number of carbonyl (C=O) groups is 1. The number of nitrogens with zero attached hydrogens (tertiary/aromatic N) is 6. The minimum atomic E-state index is -4.69. The molecule has 1 atom stereocenters. The Balaban J connectivity index is 1.54. The first kappa shape index (κ1) is 28.8. The van der Waals surface area contributed by atoms with Gasteiger partial charge < -0.3 is 15.1 Å². The van der Waals surface area contributed by atoms with E-state index in [4.69, 9.17) is 10.2 Å². The number of fused-ring (bicyclic) bond motifs is 1. The zero-order valence-electron chi connectivity index (χ0n) is 22.0. The van der Waals surface area contributed by atoms with Crippen LogP contribution in [0.25, 0.3) is 22.6 Å². The Bertz CT molecular complexity index is 1700. The van der Waals surface area contributed by atoms with Gasteiger partial charge in [0.05, 0.1) is 36.1 Å². The molecular formula is C27H21F6N7O2. The summed E-state index contributed by atoms with van der Waals surface area (Å²) in [6.45, 7) is 2.71. The average Bonchev–Trinajstić information content (AvgIpc) is 3.61. The van der Waals surface area contributed by atoms with Crippen LogP contribution in [0, 0.1) is 17.1 Å². The molecule has 218 valence electrons. The lowest BCUT2D eigenvalue weighted by molar-refractivity contribution is -0.212. The van der Waals surface area contributed by atoms with E-state index >= 15 is 13.2 Å². The van der Waals surface area contributed by atoms with Gasteiger partial charge in [-0.3, -0.25) is 4.79 Å². The maximum absolute atomic E-state index is 15.2. The van der Waals surface area contributed by atoms with Crippen LogP contribution in [-0.2, 0) is 29.0 Å². The fraction of sp³-hybridized carbons (Fsp3) is 0.296. The Labute approximate surface area is 234 Å². The number of nitrogens with two attached hydrogens (primary N) is 1. The number of carbonyl (C=O) groups excluding carboxylic acids is 1. The smallest absolute Gasteiger partial charge is 0.419 e. The number of aromatic nitrogens is 4. The van der Waals surface area contributed by atoms with Crippen molar-refractivity contribution in [2.24, 2.45) is 5.73 Å². The van der Waals surface area contributed by atoms with E-state index in [1.165, 1.54) is 38.1 Å². The second kappa shape index (κ2) is 9.98. The lowest BCUT2D eigenvalue weighted by Gasteiger charge is -2.25. The quantitative estimate of drug-likeness (QED) is 0.310. The molecule has 0 fully saturated rings. The van der Waals surface area contributed by atoms with E-state index < -0.39 is 47.4 Å². The minimum absolute atomic E-state index is 0.129. The molecule has 0 bridgehead atoms. The molecule has 1 aliphatic heterocycles. The molecule has 4 aromatic rings. The molecule has 3 heterocycles. The van der Waals surface area contributed by atoms with Gasteiger partial charge in [-0.25, -0.2) is 13.2 Å². The highest BCUT2D eigenvalue weighted by Gasteiger charge is 2.45. The summed E-state index contributed by atoms with van der Waals surface area (Å²) in [6, 6.07) is 7.88. The summed E-state index contributed by atoms with van der Waals surface area (Å²) >= 11 is 0. The predicted octanol–water partition coefficient (Wildman–Crippen LogP) is 5.37. The standard InChI is InChI=1S/C27H21F6N7O2/c1-25(2,13-34)24-38-37-22(42-24)17-7-21-18(8-19(17)28)26(29,30)9-20(35)23(41)39(21)11-14-3-5-15(6-4-14)16-10-36-40(12-16)27(31,32)33/h3-8,10,12,20H,9,11,35H2,1-2H3/t20-/m1/s1. The average molecular weight is 590 g/mol. The van der Waals surface area contributed by atoms with Gasteiger partial charge in [0.25, 0.3) is 11.8 Å². The normalized spacial score (nSPS) is 17.1. The fourth-order valence-corrected chi connectivity index (χ4v) is 4.43. The Kier molecular flexibility index (Phi) is 6.85. The number of alkyl halides is 5. The van der Waals surface area contributed by atoms with Crippen LogP contribution in [-0.4, -0.2) is 31.9 Å². The van der Waals surface area contributed by atoms with Crippen LogP contribution in [0.3, 0.4) is 0 Å². The van der Waals surface area contributed by atoms with Crippen LogP contribution < -0.4 is 10.6 Å². The van der Waals surface area contributed by atoms with Crippen LogP contribution in [0.4, 0.5) is 32.0 Å². The first-order valence-corrected chi connectivity index (χ1v) is 12.4. The van der Waals surface area contributed by atoms with Crippen molar-refractivity contribution in [2.45, 2.75) is 50.5 Å². The zero-order valence-corrected chi connectivity index (χ0v) is 22.0. The molecule has 1 aliphatic rings. The van der Waals surface area contributed by atoms with Gasteiger partial charge in [-0.2, -0.15) is 15.0 Å². The summed E-state index contributed by atoms with van der Waals surface area (Å²) in [7, 11) is 0. The third kappa shape index (κ3) is 5.20. The Morgan fingerprint density at radius 2 is 1.83 bits per heavy atom. The SMILES string of the molecule is CC(C)(C#N)c1nnc(-c2cc3c(cc2F)C(F)(F)C[C@@H](N)C(=O)N3Cc2ccc(-c3cnn(C(F)(F)F)c3)cc2)o1. The second-order valence-electron chi connectivity index (χ2n) is 10.3. The van der Waals surface area contributed by atoms with E-state index in [2.05, 4.69) is 15.3 Å². The van der Waals surface area contributed by atoms with Gasteiger partial charge in [-0.15, -0.1) is 23.4 Å². The molecule has 0 radical (unpaired) electrons. The van der Waals surface area contributed by atoms with Crippen molar-refractivity contribution in [3.05, 3.63) is 71.6 Å². The number of amides is 1. The summed E-state index contributed by atoms with van der Waals surface area (Å²) in [6.07, 6.45) is -3.92. The van der Waals surface area contributed by atoms with Crippen molar-refractivity contribution in [2.75, 3.05) is 4.90 Å². The third-order valence-electron chi connectivity index (χ3n) is 6.77. The maximum atomic E-state index is 15.2. The summed E-state index contributed by atoms with van der Waals surface area (Å²) in [4.78, 5) is 14.2. The summed E-state index contributed by atoms with van der Waals surface area (Å²) in [5.41, 5.74) is 4.10. The van der Waals surface area contributed by atoms with Gasteiger partial charge >= 0.3 is 6.30 Å². The molecule has 42 heavy (non-hydrogen) atoms. The van der Waals surface area contributed by atoms with E-state index in [-0.39, 0.29) is 39.8 Å². The van der Waals surface area contributed by atoms with Gasteiger partial charge in [0.2, 0.25) is 11.8 Å². The molecular weight excluding hydrogens is 568 g/mol. The van der Waals surface area contributed by atoms with E-state index in [1.807, 2.05) is 6.07 Å². The molecule has 1 amide bonds. The highest BCUT2D eigenvalue weighted by Crippen LogP contribution is 2.45. The van der Waals surface area contributed by atoms with Gasteiger partial charge in [0, 0.05) is 23.7 Å². The molecule has 2 N–H and O–H groups in total. The molecule has 15 heteroatoms.